The first-order valence-electron chi connectivity index (χ1n) is 6.65. The number of benzene rings is 1. The van der Waals surface area contributed by atoms with Crippen LogP contribution in [0, 0.1) is 0 Å². The Morgan fingerprint density at radius 2 is 1.95 bits per heavy atom. The lowest BCUT2D eigenvalue weighted by molar-refractivity contribution is 0.265. The molecule has 0 spiro atoms. The van der Waals surface area contributed by atoms with E-state index in [1.165, 1.54) is 0 Å². The minimum Gasteiger partial charge on any atom is -0.484 e. The molecule has 0 amide bonds. The van der Waals surface area contributed by atoms with E-state index in [2.05, 4.69) is 28.2 Å². The van der Waals surface area contributed by atoms with Crippen LogP contribution in [-0.4, -0.2) is 6.54 Å². The van der Waals surface area contributed by atoms with Crippen LogP contribution in [0.3, 0.4) is 0 Å². The van der Waals surface area contributed by atoms with Crippen LogP contribution in [-0.2, 0) is 13.2 Å². The van der Waals surface area contributed by atoms with Gasteiger partial charge >= 0.3 is 0 Å². The minimum atomic E-state index is 0.311. The van der Waals surface area contributed by atoms with E-state index in [1.54, 1.807) is 12.1 Å². The molecule has 0 aliphatic heterocycles. The van der Waals surface area contributed by atoms with Gasteiger partial charge in [0.1, 0.15) is 23.9 Å². The van der Waals surface area contributed by atoms with Crippen LogP contribution in [0.15, 0.2) is 33.2 Å². The van der Waals surface area contributed by atoms with E-state index >= 15 is 0 Å². The zero-order valence-corrected chi connectivity index (χ0v) is 14.7. The van der Waals surface area contributed by atoms with Crippen molar-refractivity contribution in [3.05, 3.63) is 50.3 Å². The average molecular weight is 393 g/mol. The first kappa shape index (κ1) is 16.7. The molecule has 0 aliphatic carbocycles. The molecule has 1 aromatic heterocycles. The number of hydrogen-bond acceptors (Lipinski definition) is 3. The first-order chi connectivity index (χ1) is 10.1. The van der Waals surface area contributed by atoms with Gasteiger partial charge in [-0.05, 0) is 47.1 Å². The molecule has 0 saturated carbocycles. The van der Waals surface area contributed by atoms with Crippen molar-refractivity contribution in [3.8, 4) is 5.75 Å². The van der Waals surface area contributed by atoms with Crippen molar-refractivity contribution in [1.82, 2.24) is 5.32 Å². The molecule has 2 aromatic rings. The highest BCUT2D eigenvalue weighted by molar-refractivity contribution is 9.10. The van der Waals surface area contributed by atoms with Gasteiger partial charge in [0.05, 0.1) is 16.6 Å². The van der Waals surface area contributed by atoms with Gasteiger partial charge in [0.15, 0.2) is 0 Å². The number of furan rings is 1. The smallest absolute Gasteiger partial charge is 0.146 e. The van der Waals surface area contributed by atoms with Gasteiger partial charge in [-0.25, -0.2) is 0 Å². The van der Waals surface area contributed by atoms with Crippen LogP contribution in [0.1, 0.15) is 24.9 Å². The third-order valence-electron chi connectivity index (χ3n) is 2.79. The average Bonchev–Trinajstić information content (AvgIpc) is 2.90. The lowest BCUT2D eigenvalue weighted by Crippen LogP contribution is -2.13. The second-order valence-corrected chi connectivity index (χ2v) is 6.20. The highest BCUT2D eigenvalue weighted by Crippen LogP contribution is 2.34. The maximum atomic E-state index is 6.10. The maximum Gasteiger partial charge on any atom is 0.146 e. The van der Waals surface area contributed by atoms with Gasteiger partial charge < -0.3 is 14.5 Å². The van der Waals surface area contributed by atoms with Crippen molar-refractivity contribution >= 4 is 39.1 Å². The van der Waals surface area contributed by atoms with E-state index in [0.717, 1.165) is 35.5 Å². The number of hydrogen-bond donors (Lipinski definition) is 1. The predicted octanol–water partition coefficient (Wildman–Crippen LogP) is 5.43. The molecule has 114 valence electrons. The van der Waals surface area contributed by atoms with Gasteiger partial charge in [-0.15, -0.1) is 0 Å². The SMILES string of the molecule is CCCNCc1ccc(COc2cc(Cl)c(Br)cc2Cl)o1. The third kappa shape index (κ3) is 4.92. The minimum absolute atomic E-state index is 0.311. The molecule has 0 unspecified atom stereocenters. The predicted molar refractivity (Wildman–Crippen MR) is 89.2 cm³/mol. The largest absolute Gasteiger partial charge is 0.484 e. The number of halogens is 3. The molecule has 3 nitrogen and oxygen atoms in total. The fourth-order valence-corrected chi connectivity index (χ4v) is 2.59. The van der Waals surface area contributed by atoms with Crippen LogP contribution >= 0.6 is 39.1 Å². The summed E-state index contributed by atoms with van der Waals surface area (Å²) in [6.45, 7) is 4.13. The Hall–Kier alpha value is -0.680. The fourth-order valence-electron chi connectivity index (χ4n) is 1.75. The Labute approximate surface area is 142 Å². The molecule has 0 radical (unpaired) electrons. The van der Waals surface area contributed by atoms with E-state index in [1.807, 2.05) is 12.1 Å². The Bertz CT molecular complexity index is 601. The number of ether oxygens (including phenoxy) is 1. The first-order valence-corrected chi connectivity index (χ1v) is 8.20. The third-order valence-corrected chi connectivity index (χ3v) is 4.28. The molecule has 1 heterocycles. The molecular weight excluding hydrogens is 377 g/mol. The van der Waals surface area contributed by atoms with Crippen molar-refractivity contribution in [3.63, 3.8) is 0 Å². The second-order valence-electron chi connectivity index (χ2n) is 4.53. The maximum absolute atomic E-state index is 6.10. The monoisotopic (exact) mass is 391 g/mol. The zero-order chi connectivity index (χ0) is 15.2. The Morgan fingerprint density at radius 1 is 1.19 bits per heavy atom. The lowest BCUT2D eigenvalue weighted by atomic mass is 10.3. The molecule has 0 aliphatic rings. The zero-order valence-electron chi connectivity index (χ0n) is 11.6. The van der Waals surface area contributed by atoms with E-state index in [0.29, 0.717) is 22.4 Å². The van der Waals surface area contributed by atoms with Crippen LogP contribution in [0.25, 0.3) is 0 Å². The van der Waals surface area contributed by atoms with E-state index in [4.69, 9.17) is 32.4 Å². The standard InChI is InChI=1S/C15H16BrCl2NO2/c1-2-5-19-8-10-3-4-11(21-10)9-20-15-7-13(17)12(16)6-14(15)18/h3-4,6-7,19H,2,5,8-9H2,1H3. The van der Waals surface area contributed by atoms with Gasteiger partial charge in [-0.2, -0.15) is 0 Å². The normalized spacial score (nSPS) is 10.9. The van der Waals surface area contributed by atoms with Crippen LogP contribution in [0.2, 0.25) is 10.0 Å². The topological polar surface area (TPSA) is 34.4 Å². The summed E-state index contributed by atoms with van der Waals surface area (Å²) in [6, 6.07) is 7.23. The van der Waals surface area contributed by atoms with Crippen LogP contribution in [0.4, 0.5) is 0 Å². The van der Waals surface area contributed by atoms with Crippen molar-refractivity contribution in [2.75, 3.05) is 6.54 Å². The van der Waals surface area contributed by atoms with Gasteiger partial charge in [0.2, 0.25) is 0 Å². The van der Waals surface area contributed by atoms with Crippen molar-refractivity contribution in [2.45, 2.75) is 26.5 Å². The molecule has 6 heteroatoms. The molecule has 0 atom stereocenters. The quantitative estimate of drug-likeness (QED) is 0.504. The Morgan fingerprint density at radius 3 is 2.71 bits per heavy atom. The van der Waals surface area contributed by atoms with E-state index < -0.39 is 0 Å². The summed E-state index contributed by atoms with van der Waals surface area (Å²) in [7, 11) is 0. The summed E-state index contributed by atoms with van der Waals surface area (Å²) in [4.78, 5) is 0. The van der Waals surface area contributed by atoms with Gasteiger partial charge in [-0.3, -0.25) is 0 Å². The van der Waals surface area contributed by atoms with Crippen LogP contribution < -0.4 is 10.1 Å². The second kappa shape index (κ2) is 8.08. The summed E-state index contributed by atoms with van der Waals surface area (Å²) >= 11 is 15.4. The Balaban J connectivity index is 1.92. The van der Waals surface area contributed by atoms with Gasteiger partial charge in [0, 0.05) is 10.5 Å². The van der Waals surface area contributed by atoms with Gasteiger partial charge in [-0.1, -0.05) is 30.1 Å². The highest BCUT2D eigenvalue weighted by Gasteiger charge is 2.08. The highest BCUT2D eigenvalue weighted by atomic mass is 79.9. The van der Waals surface area contributed by atoms with Crippen molar-refractivity contribution in [1.29, 1.82) is 0 Å². The molecule has 1 N–H and O–H groups in total. The molecule has 1 aromatic carbocycles. The number of rotatable bonds is 7. The van der Waals surface area contributed by atoms with Gasteiger partial charge in [0.25, 0.3) is 0 Å². The lowest BCUT2D eigenvalue weighted by Gasteiger charge is -2.08. The summed E-state index contributed by atoms with van der Waals surface area (Å²) in [6.07, 6.45) is 1.10. The molecule has 0 fully saturated rings. The number of nitrogens with one attached hydrogen (secondary N) is 1. The summed E-state index contributed by atoms with van der Waals surface area (Å²) in [5, 5.41) is 4.34. The van der Waals surface area contributed by atoms with Crippen LogP contribution in [0.5, 0.6) is 5.75 Å². The van der Waals surface area contributed by atoms with Crippen molar-refractivity contribution in [2.24, 2.45) is 0 Å². The summed E-state index contributed by atoms with van der Waals surface area (Å²) < 4.78 is 12.1. The van der Waals surface area contributed by atoms with E-state index in [9.17, 15) is 0 Å². The molecule has 21 heavy (non-hydrogen) atoms. The summed E-state index contributed by atoms with van der Waals surface area (Å²) in [5.74, 6) is 2.17. The molecular formula is C15H16BrCl2NO2. The Kier molecular flexibility index (Phi) is 6.42. The van der Waals surface area contributed by atoms with Crippen molar-refractivity contribution < 1.29 is 9.15 Å². The van der Waals surface area contributed by atoms with E-state index in [-0.39, 0.29) is 0 Å². The molecule has 0 saturated heterocycles. The summed E-state index contributed by atoms with van der Waals surface area (Å²) in [5.41, 5.74) is 0. The molecule has 2 rings (SSSR count). The fraction of sp³-hybridized carbons (Fsp3) is 0.333. The molecule has 0 bridgehead atoms.